The Morgan fingerprint density at radius 3 is 3.08 bits per heavy atom. The van der Waals surface area contributed by atoms with Crippen molar-refractivity contribution in [1.82, 2.24) is 30.5 Å². The molecule has 2 aromatic heterocycles. The van der Waals surface area contributed by atoms with E-state index in [9.17, 15) is 0 Å². The number of aryl methyl sites for hydroxylation is 1. The van der Waals surface area contributed by atoms with Crippen molar-refractivity contribution in [2.24, 2.45) is 7.05 Å². The second-order valence-electron chi connectivity index (χ2n) is 6.28. The van der Waals surface area contributed by atoms with Crippen molar-refractivity contribution < 1.29 is 0 Å². The number of benzene rings is 1. The number of anilines is 1. The quantitative estimate of drug-likeness (QED) is 0.785. The summed E-state index contributed by atoms with van der Waals surface area (Å²) in [5, 5.41) is 20.1. The zero-order valence-corrected chi connectivity index (χ0v) is 13.8. The lowest BCUT2D eigenvalue weighted by Crippen LogP contribution is -2.45. The predicted octanol–water partition coefficient (Wildman–Crippen LogP) is 1.52. The number of aromatic nitrogens is 5. The highest BCUT2D eigenvalue weighted by molar-refractivity contribution is 5.74. The van der Waals surface area contributed by atoms with Crippen LogP contribution in [0.4, 0.5) is 5.82 Å². The van der Waals surface area contributed by atoms with Crippen LogP contribution in [0.2, 0.25) is 0 Å². The van der Waals surface area contributed by atoms with E-state index in [1.807, 2.05) is 19.2 Å². The van der Waals surface area contributed by atoms with Crippen molar-refractivity contribution in [3.63, 3.8) is 0 Å². The lowest BCUT2D eigenvalue weighted by atomic mass is 10.1. The zero-order chi connectivity index (χ0) is 16.4. The van der Waals surface area contributed by atoms with Gasteiger partial charge in [0, 0.05) is 38.9 Å². The van der Waals surface area contributed by atoms with Crippen molar-refractivity contribution in [2.45, 2.75) is 25.4 Å². The van der Waals surface area contributed by atoms with E-state index in [4.69, 9.17) is 0 Å². The minimum absolute atomic E-state index is 0.457. The summed E-state index contributed by atoms with van der Waals surface area (Å²) in [7, 11) is 1.91. The molecule has 0 spiro atoms. The van der Waals surface area contributed by atoms with Crippen LogP contribution in [0.1, 0.15) is 18.4 Å². The molecule has 1 aliphatic rings. The van der Waals surface area contributed by atoms with Crippen LogP contribution in [0.15, 0.2) is 36.5 Å². The standard InChI is InChI=1S/C17H21N7/c1-23-16-7-6-13(10-15(16)20-22-23)11-18-14-4-3-9-24(12-14)17-5-2-8-19-21-17/h2,5-8,10,14,18H,3-4,9,11-12H2,1H3. The van der Waals surface area contributed by atoms with Crippen LogP contribution in [0.3, 0.4) is 0 Å². The molecule has 3 heterocycles. The monoisotopic (exact) mass is 323 g/mol. The molecule has 1 saturated heterocycles. The molecule has 1 aliphatic heterocycles. The summed E-state index contributed by atoms with van der Waals surface area (Å²) in [6.07, 6.45) is 4.06. The number of nitrogens with one attached hydrogen (secondary N) is 1. The van der Waals surface area contributed by atoms with Crippen LogP contribution in [0, 0.1) is 0 Å². The van der Waals surface area contributed by atoms with E-state index in [0.717, 1.165) is 42.9 Å². The van der Waals surface area contributed by atoms with Gasteiger partial charge in [-0.1, -0.05) is 11.3 Å². The molecule has 4 rings (SSSR count). The Labute approximate surface area is 140 Å². The van der Waals surface area contributed by atoms with Gasteiger partial charge in [-0.15, -0.1) is 10.2 Å². The minimum atomic E-state index is 0.457. The Bertz CT molecular complexity index is 814. The lowest BCUT2D eigenvalue weighted by Gasteiger charge is -2.33. The van der Waals surface area contributed by atoms with Gasteiger partial charge in [0.25, 0.3) is 0 Å². The van der Waals surface area contributed by atoms with Gasteiger partial charge in [-0.2, -0.15) is 5.10 Å². The molecule has 0 bridgehead atoms. The fraction of sp³-hybridized carbons (Fsp3) is 0.412. The van der Waals surface area contributed by atoms with E-state index in [1.165, 1.54) is 12.0 Å². The average Bonchev–Trinajstić information content (AvgIpc) is 3.01. The normalized spacial score (nSPS) is 18.2. The SMILES string of the molecule is Cn1nnc2cc(CNC3CCCN(c4cccnn4)C3)ccc21. The highest BCUT2D eigenvalue weighted by Gasteiger charge is 2.20. The number of piperidine rings is 1. The van der Waals surface area contributed by atoms with Crippen LogP contribution in [0.5, 0.6) is 0 Å². The highest BCUT2D eigenvalue weighted by Crippen LogP contribution is 2.18. The summed E-state index contributed by atoms with van der Waals surface area (Å²) in [6, 6.07) is 10.8. The van der Waals surface area contributed by atoms with E-state index >= 15 is 0 Å². The van der Waals surface area contributed by atoms with E-state index in [0.29, 0.717) is 6.04 Å². The Morgan fingerprint density at radius 2 is 2.21 bits per heavy atom. The highest BCUT2D eigenvalue weighted by atomic mass is 15.4. The maximum Gasteiger partial charge on any atom is 0.151 e. The van der Waals surface area contributed by atoms with Gasteiger partial charge in [0.2, 0.25) is 0 Å². The molecule has 3 aromatic rings. The van der Waals surface area contributed by atoms with Crippen molar-refractivity contribution >= 4 is 16.9 Å². The van der Waals surface area contributed by atoms with E-state index in [-0.39, 0.29) is 0 Å². The van der Waals surface area contributed by atoms with Crippen molar-refractivity contribution in [1.29, 1.82) is 0 Å². The van der Waals surface area contributed by atoms with E-state index in [1.54, 1.807) is 10.9 Å². The van der Waals surface area contributed by atoms with Gasteiger partial charge >= 0.3 is 0 Å². The van der Waals surface area contributed by atoms with E-state index < -0.39 is 0 Å². The molecule has 1 unspecified atom stereocenters. The van der Waals surface area contributed by atoms with Gasteiger partial charge in [0.1, 0.15) is 5.52 Å². The molecular formula is C17H21N7. The molecular weight excluding hydrogens is 302 g/mol. The van der Waals surface area contributed by atoms with Gasteiger partial charge in [-0.05, 0) is 42.7 Å². The largest absolute Gasteiger partial charge is 0.354 e. The molecule has 0 aliphatic carbocycles. The number of hydrogen-bond donors (Lipinski definition) is 1. The number of fused-ring (bicyclic) bond motifs is 1. The van der Waals surface area contributed by atoms with E-state index in [2.05, 4.69) is 48.9 Å². The summed E-state index contributed by atoms with van der Waals surface area (Å²) >= 11 is 0. The average molecular weight is 323 g/mol. The second kappa shape index (κ2) is 6.52. The van der Waals surface area contributed by atoms with Crippen LogP contribution >= 0.6 is 0 Å². The Morgan fingerprint density at radius 1 is 1.25 bits per heavy atom. The maximum atomic E-state index is 4.22. The topological polar surface area (TPSA) is 71.8 Å². The molecule has 0 amide bonds. The van der Waals surface area contributed by atoms with Crippen molar-refractivity contribution in [3.05, 3.63) is 42.1 Å². The third kappa shape index (κ3) is 3.07. The fourth-order valence-corrected chi connectivity index (χ4v) is 3.27. The first-order valence-corrected chi connectivity index (χ1v) is 8.34. The molecule has 7 nitrogen and oxygen atoms in total. The minimum Gasteiger partial charge on any atom is -0.354 e. The van der Waals surface area contributed by atoms with Crippen molar-refractivity contribution in [3.8, 4) is 0 Å². The Balaban J connectivity index is 1.39. The molecule has 1 aromatic carbocycles. The number of nitrogens with zero attached hydrogens (tertiary/aromatic N) is 6. The second-order valence-corrected chi connectivity index (χ2v) is 6.28. The van der Waals surface area contributed by atoms with Crippen molar-refractivity contribution in [2.75, 3.05) is 18.0 Å². The number of rotatable bonds is 4. The van der Waals surface area contributed by atoms with Gasteiger partial charge in [-0.25, -0.2) is 4.68 Å². The molecule has 0 saturated carbocycles. The first-order valence-electron chi connectivity index (χ1n) is 8.34. The molecule has 24 heavy (non-hydrogen) atoms. The molecule has 1 N–H and O–H groups in total. The Kier molecular flexibility index (Phi) is 4.08. The Hall–Kier alpha value is -2.54. The first kappa shape index (κ1) is 15.0. The van der Waals surface area contributed by atoms with Gasteiger partial charge in [-0.3, -0.25) is 0 Å². The predicted molar refractivity (Wildman–Crippen MR) is 92.6 cm³/mol. The lowest BCUT2D eigenvalue weighted by molar-refractivity contribution is 0.419. The van der Waals surface area contributed by atoms with Gasteiger partial charge in [0.05, 0.1) is 5.52 Å². The maximum absolute atomic E-state index is 4.22. The van der Waals surface area contributed by atoms with Crippen LogP contribution < -0.4 is 10.2 Å². The third-order valence-electron chi connectivity index (χ3n) is 4.57. The van der Waals surface area contributed by atoms with Crippen LogP contribution in [-0.4, -0.2) is 44.3 Å². The third-order valence-corrected chi connectivity index (χ3v) is 4.57. The smallest absolute Gasteiger partial charge is 0.151 e. The molecule has 7 heteroatoms. The fourth-order valence-electron chi connectivity index (χ4n) is 3.27. The first-order chi connectivity index (χ1) is 11.8. The zero-order valence-electron chi connectivity index (χ0n) is 13.8. The summed E-state index contributed by atoms with van der Waals surface area (Å²) < 4.78 is 1.80. The van der Waals surface area contributed by atoms with Crippen LogP contribution in [0.25, 0.3) is 11.0 Å². The van der Waals surface area contributed by atoms with Gasteiger partial charge < -0.3 is 10.2 Å². The van der Waals surface area contributed by atoms with Gasteiger partial charge in [0.15, 0.2) is 5.82 Å². The summed E-state index contributed by atoms with van der Waals surface area (Å²) in [4.78, 5) is 2.31. The summed E-state index contributed by atoms with van der Waals surface area (Å²) in [5.41, 5.74) is 3.24. The van der Waals surface area contributed by atoms with Crippen LogP contribution in [-0.2, 0) is 13.6 Å². The molecule has 124 valence electrons. The summed E-state index contributed by atoms with van der Waals surface area (Å²) in [6.45, 7) is 2.85. The number of hydrogen-bond acceptors (Lipinski definition) is 6. The summed E-state index contributed by atoms with van der Waals surface area (Å²) in [5.74, 6) is 0.963. The molecule has 0 radical (unpaired) electrons. The molecule has 1 atom stereocenters. The molecule has 1 fully saturated rings.